The van der Waals surface area contributed by atoms with Gasteiger partial charge < -0.3 is 15.0 Å². The maximum Gasteiger partial charge on any atom is 0.193 e. The summed E-state index contributed by atoms with van der Waals surface area (Å²) in [6, 6.07) is 8.10. The van der Waals surface area contributed by atoms with Crippen LogP contribution in [0.1, 0.15) is 40.2 Å². The van der Waals surface area contributed by atoms with Crippen molar-refractivity contribution in [2.45, 2.75) is 44.8 Å². The standard InChI is InChI=1S/C20H33N3O3S.HI/c1-19(2,3)16-9-7-8-10-17(16)26-13-11-22-18(21-6)23-12-14-27(24,25)20(4,5)15-23;/h7-10H,11-15H2,1-6H3,(H,21,22);1H. The van der Waals surface area contributed by atoms with Gasteiger partial charge in [0, 0.05) is 20.1 Å². The number of nitrogens with zero attached hydrogens (tertiary/aromatic N) is 2. The lowest BCUT2D eigenvalue weighted by Crippen LogP contribution is -2.57. The van der Waals surface area contributed by atoms with Crippen molar-refractivity contribution >= 4 is 39.8 Å². The zero-order chi connectivity index (χ0) is 20.3. The van der Waals surface area contributed by atoms with Gasteiger partial charge in [0.1, 0.15) is 12.4 Å². The third-order valence-electron chi connectivity index (χ3n) is 4.89. The fourth-order valence-corrected chi connectivity index (χ4v) is 4.56. The molecule has 0 aliphatic carbocycles. The molecule has 0 bridgehead atoms. The first-order chi connectivity index (χ1) is 12.5. The van der Waals surface area contributed by atoms with Gasteiger partial charge in [-0.3, -0.25) is 4.99 Å². The predicted molar refractivity (Wildman–Crippen MR) is 127 cm³/mol. The number of para-hydroxylation sites is 1. The molecule has 1 N–H and O–H groups in total. The average Bonchev–Trinajstić information content (AvgIpc) is 2.57. The summed E-state index contributed by atoms with van der Waals surface area (Å²) in [6.45, 7) is 12.0. The first-order valence-electron chi connectivity index (χ1n) is 9.38. The Morgan fingerprint density at radius 1 is 1.29 bits per heavy atom. The average molecular weight is 523 g/mol. The summed E-state index contributed by atoms with van der Waals surface area (Å²) in [5.41, 5.74) is 1.20. The molecule has 1 heterocycles. The second kappa shape index (κ2) is 9.65. The van der Waals surface area contributed by atoms with E-state index in [2.05, 4.69) is 37.1 Å². The number of nitrogens with one attached hydrogen (secondary N) is 1. The number of ether oxygens (including phenoxy) is 1. The van der Waals surface area contributed by atoms with Crippen LogP contribution in [-0.4, -0.2) is 63.1 Å². The molecule has 8 heteroatoms. The van der Waals surface area contributed by atoms with Crippen LogP contribution in [0.15, 0.2) is 29.3 Å². The van der Waals surface area contributed by atoms with Crippen LogP contribution in [-0.2, 0) is 15.3 Å². The van der Waals surface area contributed by atoms with Gasteiger partial charge in [-0.05, 0) is 30.9 Å². The van der Waals surface area contributed by atoms with Crippen LogP contribution in [0.25, 0.3) is 0 Å². The van der Waals surface area contributed by atoms with Crippen molar-refractivity contribution in [3.8, 4) is 5.75 Å². The van der Waals surface area contributed by atoms with E-state index in [0.717, 1.165) is 5.75 Å². The molecule has 28 heavy (non-hydrogen) atoms. The molecular formula is C20H34IN3O3S. The van der Waals surface area contributed by atoms with E-state index < -0.39 is 14.6 Å². The largest absolute Gasteiger partial charge is 0.491 e. The van der Waals surface area contributed by atoms with Gasteiger partial charge in [0.25, 0.3) is 0 Å². The molecule has 0 saturated carbocycles. The van der Waals surface area contributed by atoms with Crippen molar-refractivity contribution < 1.29 is 13.2 Å². The molecule has 2 rings (SSSR count). The SMILES string of the molecule is CN=C(NCCOc1ccccc1C(C)(C)C)N1CCS(=O)(=O)C(C)(C)C1.I. The molecule has 0 atom stereocenters. The van der Waals surface area contributed by atoms with Gasteiger partial charge >= 0.3 is 0 Å². The third kappa shape index (κ3) is 5.98. The summed E-state index contributed by atoms with van der Waals surface area (Å²) >= 11 is 0. The smallest absolute Gasteiger partial charge is 0.193 e. The summed E-state index contributed by atoms with van der Waals surface area (Å²) in [4.78, 5) is 6.31. The molecule has 1 aromatic rings. The van der Waals surface area contributed by atoms with Crippen LogP contribution >= 0.6 is 24.0 Å². The Hall–Kier alpha value is -1.03. The van der Waals surface area contributed by atoms with Crippen LogP contribution < -0.4 is 10.1 Å². The van der Waals surface area contributed by atoms with Crippen LogP contribution in [0.2, 0.25) is 0 Å². The first kappa shape index (κ1) is 25.0. The number of sulfone groups is 1. The number of benzene rings is 1. The fourth-order valence-electron chi connectivity index (χ4n) is 3.19. The number of rotatable bonds is 4. The lowest BCUT2D eigenvalue weighted by atomic mass is 9.86. The van der Waals surface area contributed by atoms with Crippen molar-refractivity contribution in [1.29, 1.82) is 0 Å². The molecule has 0 radical (unpaired) electrons. The molecule has 0 aromatic heterocycles. The first-order valence-corrected chi connectivity index (χ1v) is 11.0. The van der Waals surface area contributed by atoms with Gasteiger partial charge in [0.05, 0.1) is 17.0 Å². The van der Waals surface area contributed by atoms with E-state index in [-0.39, 0.29) is 35.1 Å². The minimum Gasteiger partial charge on any atom is -0.491 e. The van der Waals surface area contributed by atoms with E-state index in [9.17, 15) is 8.42 Å². The molecule has 1 aliphatic heterocycles. The zero-order valence-electron chi connectivity index (χ0n) is 17.8. The van der Waals surface area contributed by atoms with Crippen molar-refractivity contribution in [3.63, 3.8) is 0 Å². The van der Waals surface area contributed by atoms with Crippen molar-refractivity contribution in [2.24, 2.45) is 4.99 Å². The highest BCUT2D eigenvalue weighted by molar-refractivity contribution is 14.0. The van der Waals surface area contributed by atoms with Crippen molar-refractivity contribution in [3.05, 3.63) is 29.8 Å². The molecule has 160 valence electrons. The van der Waals surface area contributed by atoms with Gasteiger partial charge in [0.2, 0.25) is 0 Å². The van der Waals surface area contributed by atoms with E-state index in [1.54, 1.807) is 20.9 Å². The highest BCUT2D eigenvalue weighted by Crippen LogP contribution is 2.30. The molecular weight excluding hydrogens is 489 g/mol. The number of aliphatic imine (C=N–C) groups is 1. The van der Waals surface area contributed by atoms with E-state index >= 15 is 0 Å². The highest BCUT2D eigenvalue weighted by atomic mass is 127. The second-order valence-electron chi connectivity index (χ2n) is 8.57. The Bertz CT molecular complexity index is 786. The van der Waals surface area contributed by atoms with E-state index in [4.69, 9.17) is 4.74 Å². The Labute approximate surface area is 187 Å². The summed E-state index contributed by atoms with van der Waals surface area (Å²) in [7, 11) is -1.35. The van der Waals surface area contributed by atoms with Crippen LogP contribution in [0, 0.1) is 0 Å². The van der Waals surface area contributed by atoms with Gasteiger partial charge in [-0.15, -0.1) is 24.0 Å². The number of hydrogen-bond donors (Lipinski definition) is 1. The Kier molecular flexibility index (Phi) is 8.62. The Morgan fingerprint density at radius 3 is 2.50 bits per heavy atom. The van der Waals surface area contributed by atoms with Crippen LogP contribution in [0.5, 0.6) is 5.75 Å². The Balaban J connectivity index is 0.00000392. The predicted octanol–water partition coefficient (Wildman–Crippen LogP) is 3.07. The van der Waals surface area contributed by atoms with E-state index in [1.165, 1.54) is 5.56 Å². The monoisotopic (exact) mass is 523 g/mol. The van der Waals surface area contributed by atoms with Crippen LogP contribution in [0.3, 0.4) is 0 Å². The van der Waals surface area contributed by atoms with E-state index in [1.807, 2.05) is 23.1 Å². The molecule has 0 spiro atoms. The summed E-state index contributed by atoms with van der Waals surface area (Å²) in [5.74, 6) is 1.76. The van der Waals surface area contributed by atoms with Gasteiger partial charge in [-0.1, -0.05) is 39.0 Å². The number of halogens is 1. The highest BCUT2D eigenvalue weighted by Gasteiger charge is 2.40. The molecule has 0 amide bonds. The minimum atomic E-state index is -3.06. The zero-order valence-corrected chi connectivity index (χ0v) is 20.9. The molecule has 1 aliphatic rings. The molecule has 1 fully saturated rings. The quantitative estimate of drug-likeness (QED) is 0.284. The summed E-state index contributed by atoms with van der Waals surface area (Å²) in [5, 5.41) is 3.29. The molecule has 6 nitrogen and oxygen atoms in total. The van der Waals surface area contributed by atoms with Crippen molar-refractivity contribution in [1.82, 2.24) is 10.2 Å². The fraction of sp³-hybridized carbons (Fsp3) is 0.650. The molecule has 1 aromatic carbocycles. The normalized spacial score (nSPS) is 18.9. The van der Waals surface area contributed by atoms with Crippen LogP contribution in [0.4, 0.5) is 0 Å². The molecule has 1 saturated heterocycles. The van der Waals surface area contributed by atoms with Gasteiger partial charge in [0.15, 0.2) is 15.8 Å². The molecule has 0 unspecified atom stereocenters. The maximum absolute atomic E-state index is 12.2. The lowest BCUT2D eigenvalue weighted by Gasteiger charge is -2.39. The maximum atomic E-state index is 12.2. The second-order valence-corrected chi connectivity index (χ2v) is 11.3. The van der Waals surface area contributed by atoms with Crippen molar-refractivity contribution in [2.75, 3.05) is 39.0 Å². The van der Waals surface area contributed by atoms with Gasteiger partial charge in [-0.25, -0.2) is 8.42 Å². The third-order valence-corrected chi connectivity index (χ3v) is 7.43. The number of guanidine groups is 1. The summed E-state index contributed by atoms with van der Waals surface area (Å²) in [6.07, 6.45) is 0. The van der Waals surface area contributed by atoms with Gasteiger partial charge in [-0.2, -0.15) is 0 Å². The summed E-state index contributed by atoms with van der Waals surface area (Å²) < 4.78 is 29.6. The minimum absolute atomic E-state index is 0. The lowest BCUT2D eigenvalue weighted by molar-refractivity contribution is 0.306. The Morgan fingerprint density at radius 2 is 1.93 bits per heavy atom. The number of hydrogen-bond acceptors (Lipinski definition) is 4. The topological polar surface area (TPSA) is 71.0 Å². The van der Waals surface area contributed by atoms with E-state index in [0.29, 0.717) is 32.2 Å².